The van der Waals surface area contributed by atoms with Crippen molar-refractivity contribution < 1.29 is 28.5 Å². The fourth-order valence-electron chi connectivity index (χ4n) is 4.57. The molecule has 0 aromatic heterocycles. The molecule has 0 spiro atoms. The van der Waals surface area contributed by atoms with E-state index in [0.717, 1.165) is 24.3 Å². The van der Waals surface area contributed by atoms with Crippen LogP contribution in [-0.4, -0.2) is 38.4 Å². The molecule has 1 aliphatic carbocycles. The summed E-state index contributed by atoms with van der Waals surface area (Å²) in [7, 11) is 0. The van der Waals surface area contributed by atoms with Crippen LogP contribution in [0.5, 0.6) is 11.5 Å². The molecule has 198 valence electrons. The maximum atomic E-state index is 11.5. The Bertz CT molecular complexity index is 996. The zero-order chi connectivity index (χ0) is 26.8. The third kappa shape index (κ3) is 7.72. The molecule has 37 heavy (non-hydrogen) atoms. The molecular formula is C31H38O6. The number of benzene rings is 2. The first-order valence-corrected chi connectivity index (χ1v) is 12.8. The van der Waals surface area contributed by atoms with Gasteiger partial charge in [0.1, 0.15) is 37.9 Å². The monoisotopic (exact) mass is 506 g/mol. The molecule has 0 saturated heterocycles. The molecule has 3 rings (SSSR count). The van der Waals surface area contributed by atoms with Gasteiger partial charge in [0.2, 0.25) is 0 Å². The Morgan fingerprint density at radius 2 is 1.11 bits per heavy atom. The molecule has 6 heteroatoms. The van der Waals surface area contributed by atoms with E-state index < -0.39 is 11.9 Å². The number of ether oxygens (including phenoxy) is 4. The van der Waals surface area contributed by atoms with E-state index in [4.69, 9.17) is 18.9 Å². The van der Waals surface area contributed by atoms with Gasteiger partial charge in [-0.1, -0.05) is 44.3 Å². The van der Waals surface area contributed by atoms with Crippen molar-refractivity contribution >= 4 is 11.9 Å². The largest absolute Gasteiger partial charge is 0.490 e. The van der Waals surface area contributed by atoms with Crippen LogP contribution in [0.25, 0.3) is 0 Å². The highest BCUT2D eigenvalue weighted by Gasteiger charge is 2.37. The Labute approximate surface area is 220 Å². The lowest BCUT2D eigenvalue weighted by Gasteiger charge is -2.41. The highest BCUT2D eigenvalue weighted by Crippen LogP contribution is 2.47. The molecule has 1 saturated carbocycles. The topological polar surface area (TPSA) is 71.1 Å². The molecule has 0 radical (unpaired) electrons. The zero-order valence-corrected chi connectivity index (χ0v) is 22.2. The fraction of sp³-hybridized carbons (Fsp3) is 0.419. The van der Waals surface area contributed by atoms with Crippen LogP contribution in [0.15, 0.2) is 72.8 Å². The summed E-state index contributed by atoms with van der Waals surface area (Å²) in [5.41, 5.74) is 3.21. The van der Waals surface area contributed by atoms with Crippen LogP contribution in [0.4, 0.5) is 0 Å². The van der Waals surface area contributed by atoms with Gasteiger partial charge in [-0.15, -0.1) is 0 Å². The standard InChI is InChI=1S/C31H38O6/c1-22(2)29(32)36-20-18-34-27-10-6-25(7-11-27)31(16-14-24(5)15-17-31)26-8-12-28(13-9-26)35-19-21-37-30(33)23(3)4/h6-13,24H,1,3,14-21H2,2,4-5H3. The van der Waals surface area contributed by atoms with E-state index in [9.17, 15) is 9.59 Å². The van der Waals surface area contributed by atoms with Gasteiger partial charge >= 0.3 is 11.9 Å². The lowest BCUT2D eigenvalue weighted by atomic mass is 9.63. The zero-order valence-electron chi connectivity index (χ0n) is 22.2. The van der Waals surface area contributed by atoms with Crippen molar-refractivity contribution in [1.82, 2.24) is 0 Å². The number of rotatable bonds is 12. The van der Waals surface area contributed by atoms with Gasteiger partial charge in [0.25, 0.3) is 0 Å². The minimum absolute atomic E-state index is 0.0718. The lowest BCUT2D eigenvalue weighted by Crippen LogP contribution is -2.32. The minimum Gasteiger partial charge on any atom is -0.490 e. The second kappa shape index (κ2) is 13.1. The van der Waals surface area contributed by atoms with Gasteiger partial charge in [-0.2, -0.15) is 0 Å². The molecule has 1 aliphatic rings. The van der Waals surface area contributed by atoms with Crippen molar-refractivity contribution in [1.29, 1.82) is 0 Å². The van der Waals surface area contributed by atoms with Crippen molar-refractivity contribution in [3.8, 4) is 11.5 Å². The van der Waals surface area contributed by atoms with Crippen molar-refractivity contribution in [2.24, 2.45) is 5.92 Å². The van der Waals surface area contributed by atoms with Crippen molar-refractivity contribution in [3.05, 3.63) is 84.0 Å². The summed E-state index contributed by atoms with van der Waals surface area (Å²) in [5, 5.41) is 0. The van der Waals surface area contributed by atoms with E-state index in [1.165, 1.54) is 24.0 Å². The van der Waals surface area contributed by atoms with E-state index in [0.29, 0.717) is 17.1 Å². The normalized spacial score (nSPS) is 14.9. The summed E-state index contributed by atoms with van der Waals surface area (Å²) in [6, 6.07) is 16.5. The molecule has 2 aromatic carbocycles. The minimum atomic E-state index is -0.407. The quantitative estimate of drug-likeness (QED) is 0.195. The summed E-state index contributed by atoms with van der Waals surface area (Å²) in [6.45, 7) is 13.6. The first kappa shape index (κ1) is 28.0. The third-order valence-corrected chi connectivity index (χ3v) is 6.81. The molecule has 1 fully saturated rings. The average molecular weight is 507 g/mol. The third-order valence-electron chi connectivity index (χ3n) is 6.81. The Hall–Kier alpha value is -3.54. The van der Waals surface area contributed by atoms with Crippen LogP contribution in [0, 0.1) is 5.92 Å². The molecule has 0 bridgehead atoms. The Balaban J connectivity index is 1.65. The van der Waals surface area contributed by atoms with Gasteiger partial charge < -0.3 is 18.9 Å². The summed E-state index contributed by atoms with van der Waals surface area (Å²) in [4.78, 5) is 23.0. The van der Waals surface area contributed by atoms with E-state index in [2.05, 4.69) is 44.3 Å². The number of carbonyl (C=O) groups excluding carboxylic acids is 2. The molecule has 0 unspecified atom stereocenters. The molecule has 2 aromatic rings. The highest BCUT2D eigenvalue weighted by atomic mass is 16.6. The van der Waals surface area contributed by atoms with Gasteiger partial charge in [0.05, 0.1) is 0 Å². The van der Waals surface area contributed by atoms with E-state index in [-0.39, 0.29) is 31.8 Å². The number of hydrogen-bond acceptors (Lipinski definition) is 6. The SMILES string of the molecule is C=C(C)C(=O)OCCOc1ccc(C2(c3ccc(OCCOC(=O)C(=C)C)cc3)CCC(C)CC2)cc1. The number of hydrogen-bond donors (Lipinski definition) is 0. The average Bonchev–Trinajstić information content (AvgIpc) is 2.90. The Morgan fingerprint density at radius 1 is 0.730 bits per heavy atom. The van der Waals surface area contributed by atoms with Crippen LogP contribution in [-0.2, 0) is 24.5 Å². The smallest absolute Gasteiger partial charge is 0.333 e. The van der Waals surface area contributed by atoms with Gasteiger partial charge in [-0.25, -0.2) is 9.59 Å². The Morgan fingerprint density at radius 3 is 1.46 bits per heavy atom. The van der Waals surface area contributed by atoms with E-state index in [1.807, 2.05) is 24.3 Å². The highest BCUT2D eigenvalue weighted by molar-refractivity contribution is 5.87. The maximum Gasteiger partial charge on any atom is 0.333 e. The summed E-state index contributed by atoms with van der Waals surface area (Å²) >= 11 is 0. The molecule has 6 nitrogen and oxygen atoms in total. The second-order valence-electron chi connectivity index (χ2n) is 9.84. The van der Waals surface area contributed by atoms with Crippen LogP contribution < -0.4 is 9.47 Å². The maximum absolute atomic E-state index is 11.5. The van der Waals surface area contributed by atoms with Crippen LogP contribution in [0.3, 0.4) is 0 Å². The molecule has 0 amide bonds. The van der Waals surface area contributed by atoms with Gasteiger partial charge in [0, 0.05) is 16.6 Å². The first-order chi connectivity index (χ1) is 17.7. The second-order valence-corrected chi connectivity index (χ2v) is 9.84. The summed E-state index contributed by atoms with van der Waals surface area (Å²) < 4.78 is 21.7. The van der Waals surface area contributed by atoms with Crippen molar-refractivity contribution in [2.45, 2.75) is 51.9 Å². The number of carbonyl (C=O) groups is 2. The summed E-state index contributed by atoms with van der Waals surface area (Å²) in [6.07, 6.45) is 4.47. The molecule has 0 N–H and O–H groups in total. The lowest BCUT2D eigenvalue weighted by molar-refractivity contribution is -0.140. The van der Waals surface area contributed by atoms with E-state index >= 15 is 0 Å². The van der Waals surface area contributed by atoms with Gasteiger partial charge in [-0.05, 0) is 80.8 Å². The fourth-order valence-corrected chi connectivity index (χ4v) is 4.57. The van der Waals surface area contributed by atoms with Gasteiger partial charge in [-0.3, -0.25) is 0 Å². The first-order valence-electron chi connectivity index (χ1n) is 12.8. The molecular weight excluding hydrogens is 468 g/mol. The summed E-state index contributed by atoms with van der Waals surface area (Å²) in [5.74, 6) is 1.38. The van der Waals surface area contributed by atoms with Crippen LogP contribution >= 0.6 is 0 Å². The predicted molar refractivity (Wildman–Crippen MR) is 144 cm³/mol. The van der Waals surface area contributed by atoms with Crippen molar-refractivity contribution in [2.75, 3.05) is 26.4 Å². The molecule has 0 aliphatic heterocycles. The predicted octanol–water partition coefficient (Wildman–Crippen LogP) is 6.18. The molecule has 0 heterocycles. The van der Waals surface area contributed by atoms with E-state index in [1.54, 1.807) is 13.8 Å². The van der Waals surface area contributed by atoms with Crippen LogP contribution in [0.2, 0.25) is 0 Å². The van der Waals surface area contributed by atoms with Gasteiger partial charge in [0.15, 0.2) is 0 Å². The number of esters is 2. The molecule has 0 atom stereocenters. The van der Waals surface area contributed by atoms with Crippen LogP contribution in [0.1, 0.15) is 57.6 Å². The van der Waals surface area contributed by atoms with Crippen molar-refractivity contribution in [3.63, 3.8) is 0 Å². The Kier molecular flexibility index (Phi) is 9.95.